The summed E-state index contributed by atoms with van der Waals surface area (Å²) in [6.45, 7) is 5.06. The predicted octanol–water partition coefficient (Wildman–Crippen LogP) is 5.98. The minimum atomic E-state index is -4.55. The van der Waals surface area contributed by atoms with Crippen molar-refractivity contribution in [3.05, 3.63) is 70.3 Å². The summed E-state index contributed by atoms with van der Waals surface area (Å²) in [7, 11) is 1.93. The predicted molar refractivity (Wildman–Crippen MR) is 152 cm³/mol. The Hall–Kier alpha value is -3.40. The van der Waals surface area contributed by atoms with Crippen molar-refractivity contribution in [1.82, 2.24) is 20.1 Å². The van der Waals surface area contributed by atoms with Gasteiger partial charge in [-0.3, -0.25) is 4.79 Å². The number of hydrogen-bond acceptors (Lipinski definition) is 5. The van der Waals surface area contributed by atoms with Gasteiger partial charge in [0.25, 0.3) is 5.91 Å². The van der Waals surface area contributed by atoms with Gasteiger partial charge in [0.2, 0.25) is 0 Å². The maximum Gasteiger partial charge on any atom is 0.416 e. The summed E-state index contributed by atoms with van der Waals surface area (Å²) in [6, 6.07) is 9.00. The van der Waals surface area contributed by atoms with E-state index in [9.17, 15) is 18.0 Å². The number of hydrogen-bond donors (Lipinski definition) is 2. The third-order valence-electron chi connectivity index (χ3n) is 8.78. The lowest BCUT2D eigenvalue weighted by molar-refractivity contribution is -0.138. The van der Waals surface area contributed by atoms with Gasteiger partial charge in [0.1, 0.15) is 12.2 Å². The Labute approximate surface area is 238 Å². The molecule has 0 atom stereocenters. The monoisotopic (exact) mass is 566 g/mol. The van der Waals surface area contributed by atoms with Gasteiger partial charge in [0.05, 0.1) is 12.1 Å². The van der Waals surface area contributed by atoms with Gasteiger partial charge in [-0.15, -0.1) is 10.2 Å². The fourth-order valence-corrected chi connectivity index (χ4v) is 6.21. The average Bonchev–Trinajstić information content (AvgIpc) is 3.53. The van der Waals surface area contributed by atoms with E-state index in [0.29, 0.717) is 30.1 Å². The molecule has 1 aromatic heterocycles. The molecular formula is C31H37F3N6O. The van der Waals surface area contributed by atoms with Crippen LogP contribution in [0.5, 0.6) is 0 Å². The van der Waals surface area contributed by atoms with Crippen LogP contribution in [0.15, 0.2) is 36.7 Å². The quantitative estimate of drug-likeness (QED) is 0.316. The number of carbonyl (C=O) groups excluding carboxylic acids is 1. The Kier molecular flexibility index (Phi) is 7.08. The number of aromatic nitrogens is 3. The zero-order chi connectivity index (χ0) is 28.9. The Morgan fingerprint density at radius 1 is 1.12 bits per heavy atom. The number of nitrogens with one attached hydrogen (secondary N) is 2. The summed E-state index contributed by atoms with van der Waals surface area (Å²) < 4.78 is 44.7. The SMILES string of the molecule is CC(C)Nc1cc(N2Cc3c(cc(CNCC4CC4)cc3C(F)(F)F)C2=O)cc(C2(Cc3nncn3C)CCC2)c1. The highest BCUT2D eigenvalue weighted by Gasteiger charge is 2.43. The number of halogens is 3. The summed E-state index contributed by atoms with van der Waals surface area (Å²) >= 11 is 0. The summed E-state index contributed by atoms with van der Waals surface area (Å²) in [5.41, 5.74) is 2.32. The second-order valence-corrected chi connectivity index (χ2v) is 12.4. The van der Waals surface area contributed by atoms with E-state index in [4.69, 9.17) is 0 Å². The molecule has 3 aromatic rings. The lowest BCUT2D eigenvalue weighted by atomic mass is 9.62. The van der Waals surface area contributed by atoms with E-state index in [1.807, 2.05) is 37.6 Å². The van der Waals surface area contributed by atoms with Gasteiger partial charge in [0, 0.05) is 48.4 Å². The van der Waals surface area contributed by atoms with Crippen LogP contribution >= 0.6 is 0 Å². The molecule has 0 spiro atoms. The first-order chi connectivity index (χ1) is 19.5. The topological polar surface area (TPSA) is 75.1 Å². The van der Waals surface area contributed by atoms with Gasteiger partial charge in [-0.1, -0.05) is 6.42 Å². The number of anilines is 2. The number of benzene rings is 2. The number of carbonyl (C=O) groups is 1. The van der Waals surface area contributed by atoms with Crippen molar-refractivity contribution in [2.24, 2.45) is 13.0 Å². The Bertz CT molecular complexity index is 1450. The first kappa shape index (κ1) is 27.8. The lowest BCUT2D eigenvalue weighted by Gasteiger charge is -2.43. The third kappa shape index (κ3) is 5.58. The molecule has 6 rings (SSSR count). The molecule has 2 aromatic carbocycles. The highest BCUT2D eigenvalue weighted by molar-refractivity contribution is 6.10. The molecule has 41 heavy (non-hydrogen) atoms. The third-order valence-corrected chi connectivity index (χ3v) is 8.78. The molecule has 10 heteroatoms. The maximum absolute atomic E-state index is 14.3. The summed E-state index contributed by atoms with van der Waals surface area (Å²) in [6.07, 6.45) is 3.18. The average molecular weight is 567 g/mol. The Morgan fingerprint density at radius 2 is 1.90 bits per heavy atom. The van der Waals surface area contributed by atoms with Crippen LogP contribution < -0.4 is 15.5 Å². The smallest absolute Gasteiger partial charge is 0.383 e. The first-order valence-corrected chi connectivity index (χ1v) is 14.5. The molecule has 2 aliphatic carbocycles. The van der Waals surface area contributed by atoms with Crippen LogP contribution in [0.1, 0.15) is 84.4 Å². The Morgan fingerprint density at radius 3 is 2.51 bits per heavy atom. The minimum absolute atomic E-state index is 0.0506. The molecule has 218 valence electrons. The van der Waals surface area contributed by atoms with Crippen LogP contribution in [-0.4, -0.2) is 33.3 Å². The molecule has 2 N–H and O–H groups in total. The fourth-order valence-electron chi connectivity index (χ4n) is 6.21. The van der Waals surface area contributed by atoms with Gasteiger partial charge in [-0.25, -0.2) is 0 Å². The van der Waals surface area contributed by atoms with Crippen LogP contribution in [-0.2, 0) is 38.1 Å². The summed E-state index contributed by atoms with van der Waals surface area (Å²) in [5, 5.41) is 15.1. The largest absolute Gasteiger partial charge is 0.416 e. The molecule has 0 radical (unpaired) electrons. The Balaban J connectivity index is 1.36. The van der Waals surface area contributed by atoms with Crippen LogP contribution in [0.25, 0.3) is 0 Å². The number of aryl methyl sites for hydroxylation is 1. The number of fused-ring (bicyclic) bond motifs is 1. The molecule has 1 aliphatic heterocycles. The lowest BCUT2D eigenvalue weighted by Crippen LogP contribution is -2.38. The van der Waals surface area contributed by atoms with E-state index in [2.05, 4.69) is 26.9 Å². The van der Waals surface area contributed by atoms with Crippen molar-refractivity contribution in [3.8, 4) is 0 Å². The van der Waals surface area contributed by atoms with Gasteiger partial charge in [0.15, 0.2) is 0 Å². The van der Waals surface area contributed by atoms with Gasteiger partial charge >= 0.3 is 6.18 Å². The minimum Gasteiger partial charge on any atom is -0.383 e. The second-order valence-electron chi connectivity index (χ2n) is 12.4. The normalized spacial score (nSPS) is 18.1. The number of rotatable bonds is 10. The number of alkyl halides is 3. The molecular weight excluding hydrogens is 529 g/mol. The van der Waals surface area contributed by atoms with Crippen molar-refractivity contribution in [2.45, 2.75) is 83.1 Å². The molecule has 0 bridgehead atoms. The van der Waals surface area contributed by atoms with Crippen LogP contribution in [0.2, 0.25) is 0 Å². The number of amides is 1. The standard InChI is InChI=1S/C31H37F3N6O/c1-19(2)37-23-11-22(30(7-4-8-30)14-28-38-36-18-39(28)3)12-24(13-23)40-17-26-25(29(40)41)9-21(10-27(26)31(32,33)34)16-35-15-20-5-6-20/h9-13,18-20,35,37H,4-8,14-17H2,1-3H3. The van der Waals surface area contributed by atoms with E-state index >= 15 is 0 Å². The van der Waals surface area contributed by atoms with Crippen LogP contribution in [0, 0.1) is 5.92 Å². The highest BCUT2D eigenvalue weighted by atomic mass is 19.4. The van der Waals surface area contributed by atoms with E-state index < -0.39 is 17.6 Å². The molecule has 3 aliphatic rings. The van der Waals surface area contributed by atoms with E-state index in [1.165, 1.54) is 11.0 Å². The van der Waals surface area contributed by atoms with E-state index in [0.717, 1.165) is 55.7 Å². The van der Waals surface area contributed by atoms with Crippen molar-refractivity contribution in [1.29, 1.82) is 0 Å². The maximum atomic E-state index is 14.3. The van der Waals surface area contributed by atoms with Crippen LogP contribution in [0.4, 0.5) is 24.5 Å². The summed E-state index contributed by atoms with van der Waals surface area (Å²) in [5.74, 6) is 1.10. The molecule has 0 saturated heterocycles. The molecule has 2 saturated carbocycles. The molecule has 1 amide bonds. The van der Waals surface area contributed by atoms with Crippen LogP contribution in [0.3, 0.4) is 0 Å². The van der Waals surface area contributed by atoms with Crippen molar-refractivity contribution >= 4 is 17.3 Å². The molecule has 7 nitrogen and oxygen atoms in total. The second kappa shape index (κ2) is 10.5. The fraction of sp³-hybridized carbons (Fsp3) is 0.516. The first-order valence-electron chi connectivity index (χ1n) is 14.5. The number of nitrogens with zero attached hydrogens (tertiary/aromatic N) is 4. The van der Waals surface area contributed by atoms with Gasteiger partial charge in [-0.05, 0) is 99.0 Å². The van der Waals surface area contributed by atoms with Crippen molar-refractivity contribution < 1.29 is 18.0 Å². The van der Waals surface area contributed by atoms with Crippen molar-refractivity contribution in [2.75, 3.05) is 16.8 Å². The highest BCUT2D eigenvalue weighted by Crippen LogP contribution is 2.48. The zero-order valence-corrected chi connectivity index (χ0v) is 23.8. The van der Waals surface area contributed by atoms with E-state index in [1.54, 1.807) is 12.4 Å². The molecule has 0 unspecified atom stereocenters. The van der Waals surface area contributed by atoms with Crippen molar-refractivity contribution in [3.63, 3.8) is 0 Å². The van der Waals surface area contributed by atoms with Gasteiger partial charge < -0.3 is 20.1 Å². The van der Waals surface area contributed by atoms with E-state index in [-0.39, 0.29) is 29.1 Å². The molecule has 2 heterocycles. The molecule has 2 fully saturated rings. The summed E-state index contributed by atoms with van der Waals surface area (Å²) in [4.78, 5) is 15.3. The zero-order valence-electron chi connectivity index (χ0n) is 23.8. The van der Waals surface area contributed by atoms with Gasteiger partial charge in [-0.2, -0.15) is 13.2 Å².